The smallest absolute Gasteiger partial charge is 0.254 e. The van der Waals surface area contributed by atoms with Crippen molar-refractivity contribution < 1.29 is 9.53 Å². The Labute approximate surface area is 138 Å². The van der Waals surface area contributed by atoms with E-state index in [0.717, 1.165) is 32.5 Å². The van der Waals surface area contributed by atoms with Gasteiger partial charge in [0.1, 0.15) is 0 Å². The summed E-state index contributed by atoms with van der Waals surface area (Å²) in [4.78, 5) is 20.9. The number of rotatable bonds is 5. The number of ether oxygens (including phenoxy) is 1. The van der Waals surface area contributed by atoms with Crippen LogP contribution >= 0.6 is 0 Å². The molecule has 0 radical (unpaired) electrons. The Morgan fingerprint density at radius 3 is 2.65 bits per heavy atom. The van der Waals surface area contributed by atoms with E-state index >= 15 is 0 Å². The topological polar surface area (TPSA) is 45.7 Å². The van der Waals surface area contributed by atoms with Crippen LogP contribution in [0.25, 0.3) is 0 Å². The highest BCUT2D eigenvalue weighted by atomic mass is 16.5. The number of methoxy groups -OCH3 is 1. The standard InChI is InChI=1S/C18H27N3O2/c1-13(2)21-16(17(23-3)18(21)22)15-6-9-20(10-7-15)12-14-5-4-8-19-11-14/h4-5,8,11,13,15-17H,6-7,9-10,12H2,1-3H3/t16-,17+/m0/s1. The molecule has 3 rings (SSSR count). The number of carbonyl (C=O) groups excluding carboxylic acids is 1. The number of β-lactam (4-membered cyclic amide) rings is 1. The predicted octanol–water partition coefficient (Wildman–Crippen LogP) is 1.93. The number of likely N-dealkylation sites (tertiary alicyclic amines) is 2. The minimum Gasteiger partial charge on any atom is -0.369 e. The van der Waals surface area contributed by atoms with Crippen LogP contribution in [0.4, 0.5) is 0 Å². The Bertz CT molecular complexity index is 526. The second kappa shape index (κ2) is 6.97. The van der Waals surface area contributed by atoms with Crippen LogP contribution in [0.5, 0.6) is 0 Å². The van der Waals surface area contributed by atoms with Gasteiger partial charge in [-0.05, 0) is 57.3 Å². The second-order valence-electron chi connectivity index (χ2n) is 6.96. The van der Waals surface area contributed by atoms with Gasteiger partial charge in [0.05, 0.1) is 6.04 Å². The zero-order chi connectivity index (χ0) is 16.4. The first-order valence-electron chi connectivity index (χ1n) is 8.58. The average molecular weight is 317 g/mol. The third kappa shape index (κ3) is 3.26. The summed E-state index contributed by atoms with van der Waals surface area (Å²) < 4.78 is 5.45. The number of hydrogen-bond donors (Lipinski definition) is 0. The molecule has 0 unspecified atom stereocenters. The van der Waals surface area contributed by atoms with Crippen molar-refractivity contribution in [3.05, 3.63) is 30.1 Å². The summed E-state index contributed by atoms with van der Waals surface area (Å²) in [5.41, 5.74) is 1.27. The van der Waals surface area contributed by atoms with E-state index < -0.39 is 0 Å². The van der Waals surface area contributed by atoms with Crippen LogP contribution in [0.15, 0.2) is 24.5 Å². The molecule has 0 aromatic carbocycles. The van der Waals surface area contributed by atoms with Gasteiger partial charge in [-0.25, -0.2) is 0 Å². The number of aromatic nitrogens is 1. The van der Waals surface area contributed by atoms with Crippen LogP contribution in [0.2, 0.25) is 0 Å². The highest BCUT2D eigenvalue weighted by Crippen LogP contribution is 2.36. The molecule has 5 heteroatoms. The fourth-order valence-electron chi connectivity index (χ4n) is 4.02. The molecule has 0 saturated carbocycles. The van der Waals surface area contributed by atoms with Crippen molar-refractivity contribution in [1.29, 1.82) is 0 Å². The van der Waals surface area contributed by atoms with E-state index in [1.807, 2.05) is 23.4 Å². The monoisotopic (exact) mass is 317 g/mol. The fraction of sp³-hybridized carbons (Fsp3) is 0.667. The normalized spacial score (nSPS) is 26.6. The molecule has 1 aromatic heterocycles. The zero-order valence-corrected chi connectivity index (χ0v) is 14.3. The van der Waals surface area contributed by atoms with Crippen molar-refractivity contribution in [3.8, 4) is 0 Å². The highest BCUT2D eigenvalue weighted by molar-refractivity contribution is 5.88. The van der Waals surface area contributed by atoms with Crippen molar-refractivity contribution in [2.45, 2.75) is 51.4 Å². The number of nitrogens with zero attached hydrogens (tertiary/aromatic N) is 3. The lowest BCUT2D eigenvalue weighted by molar-refractivity contribution is -0.181. The minimum atomic E-state index is -0.229. The van der Waals surface area contributed by atoms with Gasteiger partial charge in [-0.1, -0.05) is 6.07 Å². The molecular weight excluding hydrogens is 290 g/mol. The first-order chi connectivity index (χ1) is 11.1. The molecule has 2 fully saturated rings. The summed E-state index contributed by atoms with van der Waals surface area (Å²) in [6.07, 6.45) is 5.78. The van der Waals surface area contributed by atoms with Gasteiger partial charge in [-0.2, -0.15) is 0 Å². The van der Waals surface area contributed by atoms with Crippen LogP contribution in [0.3, 0.4) is 0 Å². The lowest BCUT2D eigenvalue weighted by atomic mass is 9.79. The Morgan fingerprint density at radius 1 is 1.35 bits per heavy atom. The van der Waals surface area contributed by atoms with Crippen LogP contribution in [-0.2, 0) is 16.1 Å². The van der Waals surface area contributed by atoms with Crippen molar-refractivity contribution in [2.75, 3.05) is 20.2 Å². The van der Waals surface area contributed by atoms with Crippen molar-refractivity contribution >= 4 is 5.91 Å². The molecule has 126 valence electrons. The summed E-state index contributed by atoms with van der Waals surface area (Å²) in [5.74, 6) is 0.704. The molecule has 3 heterocycles. The maximum Gasteiger partial charge on any atom is 0.254 e. The number of hydrogen-bond acceptors (Lipinski definition) is 4. The number of amides is 1. The third-order valence-electron chi connectivity index (χ3n) is 5.18. The van der Waals surface area contributed by atoms with E-state index in [2.05, 4.69) is 29.8 Å². The first kappa shape index (κ1) is 16.4. The molecule has 23 heavy (non-hydrogen) atoms. The second-order valence-corrected chi connectivity index (χ2v) is 6.96. The van der Waals surface area contributed by atoms with Gasteiger partial charge in [0.2, 0.25) is 0 Å². The summed E-state index contributed by atoms with van der Waals surface area (Å²) in [6, 6.07) is 4.64. The van der Waals surface area contributed by atoms with Gasteiger partial charge in [-0.3, -0.25) is 14.7 Å². The Kier molecular flexibility index (Phi) is 4.97. The maximum atomic E-state index is 12.2. The number of piperidine rings is 1. The van der Waals surface area contributed by atoms with Gasteiger partial charge in [0.15, 0.2) is 6.10 Å². The Balaban J connectivity index is 1.57. The fourth-order valence-corrected chi connectivity index (χ4v) is 4.02. The average Bonchev–Trinajstić information content (AvgIpc) is 2.54. The summed E-state index contributed by atoms with van der Waals surface area (Å²) >= 11 is 0. The van der Waals surface area contributed by atoms with E-state index in [0.29, 0.717) is 5.92 Å². The quantitative estimate of drug-likeness (QED) is 0.779. The van der Waals surface area contributed by atoms with E-state index in [1.54, 1.807) is 7.11 Å². The molecule has 0 spiro atoms. The van der Waals surface area contributed by atoms with Crippen molar-refractivity contribution in [1.82, 2.24) is 14.8 Å². The first-order valence-corrected chi connectivity index (χ1v) is 8.58. The number of pyridine rings is 1. The molecule has 0 N–H and O–H groups in total. The van der Waals surface area contributed by atoms with Crippen molar-refractivity contribution in [2.24, 2.45) is 5.92 Å². The molecule has 1 amide bonds. The van der Waals surface area contributed by atoms with Crippen LogP contribution in [0, 0.1) is 5.92 Å². The predicted molar refractivity (Wildman–Crippen MR) is 88.8 cm³/mol. The molecule has 2 saturated heterocycles. The van der Waals surface area contributed by atoms with Gasteiger partial charge in [-0.15, -0.1) is 0 Å². The molecule has 0 bridgehead atoms. The lowest BCUT2D eigenvalue weighted by Gasteiger charge is -2.53. The summed E-state index contributed by atoms with van der Waals surface area (Å²) in [6.45, 7) is 7.30. The zero-order valence-electron chi connectivity index (χ0n) is 14.3. The molecule has 1 aromatic rings. The minimum absolute atomic E-state index is 0.158. The molecule has 2 aliphatic heterocycles. The molecule has 2 aliphatic rings. The van der Waals surface area contributed by atoms with Gasteiger partial charge in [0, 0.05) is 32.1 Å². The van der Waals surface area contributed by atoms with E-state index in [1.165, 1.54) is 5.56 Å². The maximum absolute atomic E-state index is 12.2. The summed E-state index contributed by atoms with van der Waals surface area (Å²) in [7, 11) is 1.66. The lowest BCUT2D eigenvalue weighted by Crippen LogP contribution is -2.70. The Morgan fingerprint density at radius 2 is 2.09 bits per heavy atom. The van der Waals surface area contributed by atoms with Crippen LogP contribution in [-0.4, -0.2) is 59.1 Å². The highest BCUT2D eigenvalue weighted by Gasteiger charge is 2.52. The molecule has 0 aliphatic carbocycles. The van der Waals surface area contributed by atoms with Crippen LogP contribution < -0.4 is 0 Å². The summed E-state index contributed by atoms with van der Waals surface area (Å²) in [5, 5.41) is 0. The van der Waals surface area contributed by atoms with Gasteiger partial charge in [0.25, 0.3) is 5.91 Å². The van der Waals surface area contributed by atoms with Crippen molar-refractivity contribution in [3.63, 3.8) is 0 Å². The largest absolute Gasteiger partial charge is 0.369 e. The SMILES string of the molecule is CO[C@H]1C(=O)N(C(C)C)[C@H]1C1CCN(Cc2cccnc2)CC1. The van der Waals surface area contributed by atoms with Crippen LogP contribution in [0.1, 0.15) is 32.3 Å². The van der Waals surface area contributed by atoms with Gasteiger partial charge < -0.3 is 9.64 Å². The Hall–Kier alpha value is -1.46. The number of carbonyl (C=O) groups is 1. The van der Waals surface area contributed by atoms with Gasteiger partial charge >= 0.3 is 0 Å². The third-order valence-corrected chi connectivity index (χ3v) is 5.18. The van der Waals surface area contributed by atoms with E-state index in [-0.39, 0.29) is 24.1 Å². The molecule has 2 atom stereocenters. The molecular formula is C18H27N3O2. The van der Waals surface area contributed by atoms with E-state index in [4.69, 9.17) is 4.74 Å². The van der Waals surface area contributed by atoms with E-state index in [9.17, 15) is 4.79 Å². The molecule has 5 nitrogen and oxygen atoms in total.